The quantitative estimate of drug-likeness (QED) is 0.714. The maximum Gasteiger partial charge on any atom is 0.262 e. The average Bonchev–Trinajstić information content (AvgIpc) is 2.96. The molecule has 1 aliphatic carbocycles. The molecule has 0 atom stereocenters. The van der Waals surface area contributed by atoms with E-state index >= 15 is 0 Å². The number of aromatic hydroxyl groups is 1. The second-order valence-corrected chi connectivity index (χ2v) is 7.82. The van der Waals surface area contributed by atoms with Gasteiger partial charge in [0.25, 0.3) is 10.0 Å². The van der Waals surface area contributed by atoms with Crippen molar-refractivity contribution in [2.75, 3.05) is 4.72 Å². The molecule has 0 fully saturated rings. The standard InChI is InChI=1S/C19H17NO3S/c1-12-11-15(21)8-9-17(12)20-24(22,23)18-10-7-14-6-5-13-3-2-4-16(18)19(13)14/h2-4,7-11,20-21H,5-6H2,1H3. The Morgan fingerprint density at radius 2 is 1.75 bits per heavy atom. The van der Waals surface area contributed by atoms with Gasteiger partial charge in [-0.15, -0.1) is 0 Å². The van der Waals surface area contributed by atoms with Gasteiger partial charge in [-0.3, -0.25) is 4.72 Å². The minimum atomic E-state index is -3.71. The van der Waals surface area contributed by atoms with E-state index in [0.717, 1.165) is 23.6 Å². The molecule has 2 N–H and O–H groups in total. The zero-order chi connectivity index (χ0) is 16.9. The molecule has 1 aliphatic rings. The van der Waals surface area contributed by atoms with Gasteiger partial charge in [-0.05, 0) is 66.1 Å². The second kappa shape index (κ2) is 5.24. The van der Waals surface area contributed by atoms with Gasteiger partial charge in [-0.25, -0.2) is 8.42 Å². The Morgan fingerprint density at radius 1 is 1.00 bits per heavy atom. The number of hydrogen-bond donors (Lipinski definition) is 2. The first kappa shape index (κ1) is 15.0. The molecule has 4 nitrogen and oxygen atoms in total. The number of hydrogen-bond acceptors (Lipinski definition) is 3. The normalized spacial score (nSPS) is 13.4. The molecule has 0 bridgehead atoms. The van der Waals surface area contributed by atoms with Gasteiger partial charge >= 0.3 is 0 Å². The SMILES string of the molecule is Cc1cc(O)ccc1NS(=O)(=O)c1ccc2c3c(cccc13)CC2. The van der Waals surface area contributed by atoms with Crippen molar-refractivity contribution >= 4 is 26.5 Å². The van der Waals surface area contributed by atoms with Crippen LogP contribution in [0.25, 0.3) is 10.8 Å². The first-order valence-corrected chi connectivity index (χ1v) is 9.30. The van der Waals surface area contributed by atoms with E-state index in [1.54, 1.807) is 19.1 Å². The lowest BCUT2D eigenvalue weighted by Gasteiger charge is -2.13. The van der Waals surface area contributed by atoms with Gasteiger partial charge < -0.3 is 5.11 Å². The molecule has 0 amide bonds. The van der Waals surface area contributed by atoms with Crippen molar-refractivity contribution in [2.24, 2.45) is 0 Å². The summed E-state index contributed by atoms with van der Waals surface area (Å²) in [5.41, 5.74) is 3.56. The van der Waals surface area contributed by atoms with Crippen LogP contribution in [0, 0.1) is 6.92 Å². The highest BCUT2D eigenvalue weighted by atomic mass is 32.2. The van der Waals surface area contributed by atoms with Gasteiger partial charge in [-0.1, -0.05) is 24.3 Å². The zero-order valence-electron chi connectivity index (χ0n) is 13.2. The van der Waals surface area contributed by atoms with Crippen LogP contribution in [0.3, 0.4) is 0 Å². The van der Waals surface area contributed by atoms with Crippen LogP contribution in [0.1, 0.15) is 16.7 Å². The van der Waals surface area contributed by atoms with E-state index in [0.29, 0.717) is 11.3 Å². The molecule has 0 aromatic heterocycles. The molecule has 4 rings (SSSR count). The van der Waals surface area contributed by atoms with E-state index in [9.17, 15) is 13.5 Å². The summed E-state index contributed by atoms with van der Waals surface area (Å²) in [6.07, 6.45) is 1.92. The van der Waals surface area contributed by atoms with Crippen LogP contribution in [-0.4, -0.2) is 13.5 Å². The molecule has 122 valence electrons. The number of phenols is 1. The fourth-order valence-electron chi connectivity index (χ4n) is 3.42. The Labute approximate surface area is 140 Å². The maximum absolute atomic E-state index is 12.9. The molecule has 0 aliphatic heterocycles. The number of benzene rings is 3. The summed E-state index contributed by atoms with van der Waals surface area (Å²) < 4.78 is 28.5. The summed E-state index contributed by atoms with van der Waals surface area (Å²) in [5, 5.41) is 11.3. The van der Waals surface area contributed by atoms with Gasteiger partial charge in [0.05, 0.1) is 10.6 Å². The summed E-state index contributed by atoms with van der Waals surface area (Å²) in [4.78, 5) is 0.289. The Morgan fingerprint density at radius 3 is 2.50 bits per heavy atom. The lowest BCUT2D eigenvalue weighted by Crippen LogP contribution is -2.14. The predicted octanol–water partition coefficient (Wildman–Crippen LogP) is 3.75. The van der Waals surface area contributed by atoms with E-state index < -0.39 is 10.0 Å². The first-order valence-electron chi connectivity index (χ1n) is 7.82. The van der Waals surface area contributed by atoms with Crippen molar-refractivity contribution in [3.8, 4) is 5.75 Å². The van der Waals surface area contributed by atoms with Gasteiger partial charge in [0.15, 0.2) is 0 Å². The summed E-state index contributed by atoms with van der Waals surface area (Å²) in [6.45, 7) is 1.76. The third-order valence-corrected chi connectivity index (χ3v) is 6.00. The molecule has 0 saturated heterocycles. The Hall–Kier alpha value is -2.53. The Kier molecular flexibility index (Phi) is 3.28. The largest absolute Gasteiger partial charge is 0.508 e. The van der Waals surface area contributed by atoms with Crippen LogP contribution in [0.2, 0.25) is 0 Å². The molecule has 3 aromatic rings. The van der Waals surface area contributed by atoms with Crippen molar-refractivity contribution in [2.45, 2.75) is 24.7 Å². The Balaban J connectivity index is 1.85. The molecule has 0 spiro atoms. The van der Waals surface area contributed by atoms with E-state index in [2.05, 4.69) is 10.8 Å². The van der Waals surface area contributed by atoms with Crippen LogP contribution in [-0.2, 0) is 22.9 Å². The molecule has 5 heteroatoms. The lowest BCUT2D eigenvalue weighted by molar-refractivity contribution is 0.475. The van der Waals surface area contributed by atoms with Crippen molar-refractivity contribution in [1.82, 2.24) is 0 Å². The smallest absolute Gasteiger partial charge is 0.262 e. The van der Waals surface area contributed by atoms with E-state index in [1.807, 2.05) is 18.2 Å². The van der Waals surface area contributed by atoms with Crippen molar-refractivity contribution < 1.29 is 13.5 Å². The van der Waals surface area contributed by atoms with Gasteiger partial charge in [0.2, 0.25) is 0 Å². The minimum Gasteiger partial charge on any atom is -0.508 e. The summed E-state index contributed by atoms with van der Waals surface area (Å²) in [7, 11) is -3.71. The lowest BCUT2D eigenvalue weighted by atomic mass is 10.1. The minimum absolute atomic E-state index is 0.112. The number of rotatable bonds is 3. The zero-order valence-corrected chi connectivity index (χ0v) is 14.0. The molecular weight excluding hydrogens is 322 g/mol. The van der Waals surface area contributed by atoms with E-state index in [1.165, 1.54) is 23.3 Å². The molecule has 3 aromatic carbocycles. The topological polar surface area (TPSA) is 66.4 Å². The third-order valence-electron chi connectivity index (χ3n) is 4.58. The highest BCUT2D eigenvalue weighted by Crippen LogP contribution is 2.35. The molecule has 0 saturated carbocycles. The van der Waals surface area contributed by atoms with Crippen LogP contribution >= 0.6 is 0 Å². The second-order valence-electron chi connectivity index (χ2n) is 6.17. The van der Waals surface area contributed by atoms with E-state index in [-0.39, 0.29) is 10.6 Å². The number of aryl methyl sites for hydroxylation is 3. The third kappa shape index (κ3) is 2.32. The van der Waals surface area contributed by atoms with Crippen molar-refractivity contribution in [3.63, 3.8) is 0 Å². The van der Waals surface area contributed by atoms with Gasteiger partial charge in [0.1, 0.15) is 5.75 Å². The van der Waals surface area contributed by atoms with E-state index in [4.69, 9.17) is 0 Å². The maximum atomic E-state index is 12.9. The molecule has 24 heavy (non-hydrogen) atoms. The Bertz CT molecular complexity index is 1060. The number of nitrogens with one attached hydrogen (secondary N) is 1. The monoisotopic (exact) mass is 339 g/mol. The van der Waals surface area contributed by atoms with Gasteiger partial charge in [-0.2, -0.15) is 0 Å². The molecule has 0 unspecified atom stereocenters. The number of sulfonamides is 1. The van der Waals surface area contributed by atoms with Crippen molar-refractivity contribution in [1.29, 1.82) is 0 Å². The molecular formula is C19H17NO3S. The summed E-state index contributed by atoms with van der Waals surface area (Å²) >= 11 is 0. The summed E-state index contributed by atoms with van der Waals surface area (Å²) in [5.74, 6) is 0.112. The summed E-state index contributed by atoms with van der Waals surface area (Å²) in [6, 6.07) is 14.0. The number of anilines is 1. The molecule has 0 heterocycles. The van der Waals surface area contributed by atoms with Gasteiger partial charge in [0, 0.05) is 5.39 Å². The van der Waals surface area contributed by atoms with Crippen LogP contribution in [0.5, 0.6) is 5.75 Å². The first-order chi connectivity index (χ1) is 11.5. The van der Waals surface area contributed by atoms with Crippen LogP contribution < -0.4 is 4.72 Å². The highest BCUT2D eigenvalue weighted by Gasteiger charge is 2.23. The fourth-order valence-corrected chi connectivity index (χ4v) is 4.75. The molecule has 0 radical (unpaired) electrons. The predicted molar refractivity (Wildman–Crippen MR) is 95.0 cm³/mol. The van der Waals surface area contributed by atoms with Crippen molar-refractivity contribution in [3.05, 3.63) is 65.2 Å². The number of phenolic OH excluding ortho intramolecular Hbond substituents is 1. The van der Waals surface area contributed by atoms with Crippen LogP contribution in [0.4, 0.5) is 5.69 Å². The van der Waals surface area contributed by atoms with Crippen LogP contribution in [0.15, 0.2) is 53.4 Å². The fraction of sp³-hybridized carbons (Fsp3) is 0.158. The highest BCUT2D eigenvalue weighted by molar-refractivity contribution is 7.93. The average molecular weight is 339 g/mol.